The normalized spacial score (nSPS) is 11.4. The van der Waals surface area contributed by atoms with E-state index in [1.54, 1.807) is 18.2 Å². The van der Waals surface area contributed by atoms with Crippen molar-refractivity contribution in [3.63, 3.8) is 0 Å². The second kappa shape index (κ2) is 6.09. The summed E-state index contributed by atoms with van der Waals surface area (Å²) in [5.74, 6) is 0.509. The summed E-state index contributed by atoms with van der Waals surface area (Å²) < 4.78 is 32.5. The topological polar surface area (TPSA) is 81.2 Å². The van der Waals surface area contributed by atoms with E-state index in [9.17, 15) is 8.42 Å². The van der Waals surface area contributed by atoms with Crippen molar-refractivity contribution in [3.05, 3.63) is 42.2 Å². The third kappa shape index (κ3) is 3.49. The molecular weight excluding hydrogens is 290 g/mol. The van der Waals surface area contributed by atoms with E-state index in [1.807, 2.05) is 19.9 Å². The zero-order valence-electron chi connectivity index (χ0n) is 12.1. The van der Waals surface area contributed by atoms with E-state index in [2.05, 4.69) is 14.7 Å². The number of anilines is 1. The molecule has 0 fully saturated rings. The van der Waals surface area contributed by atoms with E-state index in [4.69, 9.17) is 4.74 Å². The first-order valence-electron chi connectivity index (χ1n) is 6.42. The lowest BCUT2D eigenvalue weighted by Crippen LogP contribution is -2.16. The SMILES string of the molecule is COc1ccc(C(C)C)cc1S(=O)(=O)Nc1ncccn1. The quantitative estimate of drug-likeness (QED) is 0.917. The van der Waals surface area contributed by atoms with Gasteiger partial charge in [0.15, 0.2) is 0 Å². The van der Waals surface area contributed by atoms with Crippen molar-refractivity contribution in [2.75, 3.05) is 11.8 Å². The van der Waals surface area contributed by atoms with Crippen LogP contribution in [0, 0.1) is 0 Å². The van der Waals surface area contributed by atoms with Crippen LogP contribution < -0.4 is 9.46 Å². The second-order valence-electron chi connectivity index (χ2n) is 4.74. The van der Waals surface area contributed by atoms with Gasteiger partial charge in [-0.2, -0.15) is 0 Å². The van der Waals surface area contributed by atoms with Crippen LogP contribution in [0.1, 0.15) is 25.3 Å². The molecule has 0 aliphatic rings. The highest BCUT2D eigenvalue weighted by Gasteiger charge is 2.21. The monoisotopic (exact) mass is 307 g/mol. The Morgan fingerprint density at radius 3 is 2.43 bits per heavy atom. The van der Waals surface area contributed by atoms with E-state index in [1.165, 1.54) is 19.5 Å². The van der Waals surface area contributed by atoms with Crippen molar-refractivity contribution >= 4 is 16.0 Å². The number of nitrogens with one attached hydrogen (secondary N) is 1. The standard InChI is InChI=1S/C14H17N3O3S/c1-10(2)11-5-6-12(20-3)13(9-11)21(18,19)17-14-15-7-4-8-16-14/h4-10H,1-3H3,(H,15,16,17). The molecule has 0 saturated heterocycles. The highest BCUT2D eigenvalue weighted by Crippen LogP contribution is 2.28. The maximum absolute atomic E-state index is 12.5. The Kier molecular flexibility index (Phi) is 4.42. The van der Waals surface area contributed by atoms with Gasteiger partial charge in [-0.05, 0) is 29.7 Å². The van der Waals surface area contributed by atoms with Gasteiger partial charge in [0.1, 0.15) is 10.6 Å². The molecule has 6 nitrogen and oxygen atoms in total. The fraction of sp³-hybridized carbons (Fsp3) is 0.286. The van der Waals surface area contributed by atoms with Gasteiger partial charge in [0.05, 0.1) is 7.11 Å². The summed E-state index contributed by atoms with van der Waals surface area (Å²) in [5.41, 5.74) is 0.908. The van der Waals surface area contributed by atoms with Crippen molar-refractivity contribution in [3.8, 4) is 5.75 Å². The Hall–Kier alpha value is -2.15. The molecule has 112 valence electrons. The van der Waals surface area contributed by atoms with Gasteiger partial charge in [0.25, 0.3) is 10.0 Å². The van der Waals surface area contributed by atoms with Gasteiger partial charge < -0.3 is 4.74 Å². The number of nitrogens with zero attached hydrogens (tertiary/aromatic N) is 2. The minimum atomic E-state index is -3.81. The van der Waals surface area contributed by atoms with Crippen LogP contribution in [-0.4, -0.2) is 25.5 Å². The highest BCUT2D eigenvalue weighted by molar-refractivity contribution is 7.92. The number of ether oxygens (including phenoxy) is 1. The minimum Gasteiger partial charge on any atom is -0.495 e. The molecule has 0 radical (unpaired) electrons. The molecule has 2 aromatic rings. The Morgan fingerprint density at radius 2 is 1.86 bits per heavy atom. The number of methoxy groups -OCH3 is 1. The van der Waals surface area contributed by atoms with Crippen molar-refractivity contribution in [1.29, 1.82) is 0 Å². The smallest absolute Gasteiger partial charge is 0.267 e. The zero-order valence-corrected chi connectivity index (χ0v) is 12.9. The van der Waals surface area contributed by atoms with Crippen LogP contribution in [0.4, 0.5) is 5.95 Å². The maximum Gasteiger partial charge on any atom is 0.267 e. The van der Waals surface area contributed by atoms with Gasteiger partial charge in [-0.15, -0.1) is 0 Å². The molecule has 0 aliphatic heterocycles. The molecule has 0 spiro atoms. The van der Waals surface area contributed by atoms with Crippen LogP contribution in [0.15, 0.2) is 41.6 Å². The van der Waals surface area contributed by atoms with Crippen molar-refractivity contribution in [1.82, 2.24) is 9.97 Å². The van der Waals surface area contributed by atoms with Crippen molar-refractivity contribution in [2.45, 2.75) is 24.7 Å². The minimum absolute atomic E-state index is 0.0227. The molecule has 1 N–H and O–H groups in total. The van der Waals surface area contributed by atoms with Crippen LogP contribution in [-0.2, 0) is 10.0 Å². The molecule has 0 saturated carbocycles. The summed E-state index contributed by atoms with van der Waals surface area (Å²) in [6, 6.07) is 6.71. The summed E-state index contributed by atoms with van der Waals surface area (Å²) in [4.78, 5) is 7.79. The fourth-order valence-electron chi connectivity index (χ4n) is 1.79. The predicted molar refractivity (Wildman–Crippen MR) is 79.9 cm³/mol. The number of hydrogen-bond donors (Lipinski definition) is 1. The molecule has 2 rings (SSSR count). The summed E-state index contributed by atoms with van der Waals surface area (Å²) in [6.45, 7) is 3.98. The maximum atomic E-state index is 12.5. The molecule has 0 amide bonds. The Morgan fingerprint density at radius 1 is 1.19 bits per heavy atom. The summed E-state index contributed by atoms with van der Waals surface area (Å²) >= 11 is 0. The lowest BCUT2D eigenvalue weighted by molar-refractivity contribution is 0.402. The molecular formula is C14H17N3O3S. The van der Waals surface area contributed by atoms with E-state index >= 15 is 0 Å². The zero-order chi connectivity index (χ0) is 15.5. The Labute approximate surface area is 124 Å². The number of hydrogen-bond acceptors (Lipinski definition) is 5. The summed E-state index contributed by atoms with van der Waals surface area (Å²) in [7, 11) is -2.38. The molecule has 0 unspecified atom stereocenters. The summed E-state index contributed by atoms with van der Waals surface area (Å²) in [6.07, 6.45) is 2.93. The number of benzene rings is 1. The lowest BCUT2D eigenvalue weighted by atomic mass is 10.0. The van der Waals surface area contributed by atoms with E-state index in [-0.39, 0.29) is 22.5 Å². The molecule has 1 aromatic heterocycles. The number of aromatic nitrogens is 2. The first kappa shape index (κ1) is 15.2. The molecule has 1 aromatic carbocycles. The van der Waals surface area contributed by atoms with Crippen LogP contribution in [0.2, 0.25) is 0 Å². The van der Waals surface area contributed by atoms with Gasteiger partial charge in [-0.1, -0.05) is 19.9 Å². The van der Waals surface area contributed by atoms with Crippen LogP contribution in [0.3, 0.4) is 0 Å². The molecule has 1 heterocycles. The summed E-state index contributed by atoms with van der Waals surface area (Å²) in [5, 5.41) is 0. The first-order valence-corrected chi connectivity index (χ1v) is 7.90. The van der Waals surface area contributed by atoms with Crippen LogP contribution in [0.5, 0.6) is 5.75 Å². The molecule has 0 aliphatic carbocycles. The Bertz CT molecular complexity index is 715. The van der Waals surface area contributed by atoms with Gasteiger partial charge in [-0.3, -0.25) is 0 Å². The number of rotatable bonds is 5. The fourth-order valence-corrected chi connectivity index (χ4v) is 2.95. The third-order valence-electron chi connectivity index (χ3n) is 2.94. The van der Waals surface area contributed by atoms with Gasteiger partial charge in [0, 0.05) is 12.4 Å². The average molecular weight is 307 g/mol. The van der Waals surface area contributed by atoms with E-state index in [0.29, 0.717) is 0 Å². The Balaban J connectivity index is 2.45. The van der Waals surface area contributed by atoms with Crippen molar-refractivity contribution < 1.29 is 13.2 Å². The van der Waals surface area contributed by atoms with Gasteiger partial charge in [0.2, 0.25) is 5.95 Å². The largest absolute Gasteiger partial charge is 0.495 e. The van der Waals surface area contributed by atoms with Crippen LogP contribution in [0.25, 0.3) is 0 Å². The number of sulfonamides is 1. The molecule has 7 heteroatoms. The van der Waals surface area contributed by atoms with E-state index < -0.39 is 10.0 Å². The van der Waals surface area contributed by atoms with E-state index in [0.717, 1.165) is 5.56 Å². The van der Waals surface area contributed by atoms with Crippen molar-refractivity contribution in [2.24, 2.45) is 0 Å². The predicted octanol–water partition coefficient (Wildman–Crippen LogP) is 2.41. The lowest BCUT2D eigenvalue weighted by Gasteiger charge is -2.13. The molecule has 0 atom stereocenters. The third-order valence-corrected chi connectivity index (χ3v) is 4.28. The highest BCUT2D eigenvalue weighted by atomic mass is 32.2. The molecule has 0 bridgehead atoms. The average Bonchev–Trinajstić information content (AvgIpc) is 2.47. The van der Waals surface area contributed by atoms with Gasteiger partial charge in [-0.25, -0.2) is 23.1 Å². The molecule has 21 heavy (non-hydrogen) atoms. The van der Waals surface area contributed by atoms with Gasteiger partial charge >= 0.3 is 0 Å². The first-order chi connectivity index (χ1) is 9.94. The second-order valence-corrected chi connectivity index (χ2v) is 6.39. The van der Waals surface area contributed by atoms with Crippen LogP contribution >= 0.6 is 0 Å².